The van der Waals surface area contributed by atoms with Gasteiger partial charge in [-0.25, -0.2) is 12.8 Å². The molecule has 28 heavy (non-hydrogen) atoms. The summed E-state index contributed by atoms with van der Waals surface area (Å²) in [6, 6.07) is 4.36. The highest BCUT2D eigenvalue weighted by Crippen LogP contribution is 2.23. The lowest BCUT2D eigenvalue weighted by Gasteiger charge is -2.39. The molecule has 7 nitrogen and oxygen atoms in total. The topological polar surface area (TPSA) is 90.9 Å². The SMILES string of the molecule is CN=C(NCCNC(=O)c1ccc(C)c(F)c1)N1CCS(=O)(=O)C(C)(C)C1.I. The highest BCUT2D eigenvalue weighted by Gasteiger charge is 2.40. The molecular formula is C18H28FIN4O3S. The van der Waals surface area contributed by atoms with Crippen LogP contribution in [0.3, 0.4) is 0 Å². The Bertz CT molecular complexity index is 843. The van der Waals surface area contributed by atoms with Crippen molar-refractivity contribution >= 4 is 45.7 Å². The third-order valence-electron chi connectivity index (χ3n) is 4.68. The molecule has 1 aliphatic rings. The lowest BCUT2D eigenvalue weighted by atomic mass is 10.1. The number of halogens is 2. The van der Waals surface area contributed by atoms with E-state index in [0.717, 1.165) is 0 Å². The van der Waals surface area contributed by atoms with Crippen molar-refractivity contribution in [1.82, 2.24) is 15.5 Å². The number of carbonyl (C=O) groups is 1. The summed E-state index contributed by atoms with van der Waals surface area (Å²) in [5.74, 6) is -0.0931. The highest BCUT2D eigenvalue weighted by atomic mass is 127. The summed E-state index contributed by atoms with van der Waals surface area (Å²) in [5.41, 5.74) is 0.758. The van der Waals surface area contributed by atoms with Gasteiger partial charge in [0.25, 0.3) is 5.91 Å². The van der Waals surface area contributed by atoms with E-state index >= 15 is 0 Å². The van der Waals surface area contributed by atoms with Gasteiger partial charge in [0.15, 0.2) is 15.8 Å². The van der Waals surface area contributed by atoms with Gasteiger partial charge in [0, 0.05) is 38.8 Å². The second kappa shape index (κ2) is 9.86. The monoisotopic (exact) mass is 526 g/mol. The van der Waals surface area contributed by atoms with Gasteiger partial charge in [-0.2, -0.15) is 0 Å². The summed E-state index contributed by atoms with van der Waals surface area (Å²) >= 11 is 0. The van der Waals surface area contributed by atoms with Crippen LogP contribution in [0.2, 0.25) is 0 Å². The molecule has 158 valence electrons. The number of guanidine groups is 1. The van der Waals surface area contributed by atoms with Crippen LogP contribution < -0.4 is 10.6 Å². The molecule has 0 radical (unpaired) electrons. The number of aryl methyl sites for hydroxylation is 1. The first-order valence-corrected chi connectivity index (χ1v) is 10.4. The number of nitrogens with zero attached hydrogens (tertiary/aromatic N) is 2. The summed E-state index contributed by atoms with van der Waals surface area (Å²) in [5, 5.41) is 5.84. The van der Waals surface area contributed by atoms with Crippen LogP contribution >= 0.6 is 24.0 Å². The molecular weight excluding hydrogens is 498 g/mol. The summed E-state index contributed by atoms with van der Waals surface area (Å²) < 4.78 is 36.9. The Labute approximate surface area is 183 Å². The van der Waals surface area contributed by atoms with Gasteiger partial charge in [0.2, 0.25) is 0 Å². The van der Waals surface area contributed by atoms with E-state index in [1.165, 1.54) is 6.07 Å². The molecule has 0 spiro atoms. The van der Waals surface area contributed by atoms with Gasteiger partial charge in [0.1, 0.15) is 5.82 Å². The molecule has 2 N–H and O–H groups in total. The van der Waals surface area contributed by atoms with Crippen molar-refractivity contribution < 1.29 is 17.6 Å². The Kier molecular flexibility index (Phi) is 8.66. The zero-order valence-electron chi connectivity index (χ0n) is 16.6. The van der Waals surface area contributed by atoms with Crippen LogP contribution in [0.15, 0.2) is 23.2 Å². The number of nitrogens with one attached hydrogen (secondary N) is 2. The molecule has 0 bridgehead atoms. The number of amides is 1. The van der Waals surface area contributed by atoms with Gasteiger partial charge in [-0.05, 0) is 38.5 Å². The highest BCUT2D eigenvalue weighted by molar-refractivity contribution is 14.0. The number of benzene rings is 1. The summed E-state index contributed by atoms with van der Waals surface area (Å²) in [4.78, 5) is 18.2. The van der Waals surface area contributed by atoms with Crippen LogP contribution in [0.1, 0.15) is 29.8 Å². The normalized spacial score (nSPS) is 18.2. The van der Waals surface area contributed by atoms with Crippen LogP contribution in [-0.2, 0) is 9.84 Å². The maximum absolute atomic E-state index is 13.5. The Morgan fingerprint density at radius 3 is 2.50 bits per heavy atom. The van der Waals surface area contributed by atoms with E-state index in [2.05, 4.69) is 15.6 Å². The van der Waals surface area contributed by atoms with Crippen molar-refractivity contribution in [3.05, 3.63) is 35.1 Å². The Morgan fingerprint density at radius 1 is 1.29 bits per heavy atom. The van der Waals surface area contributed by atoms with Crippen LogP contribution in [0.5, 0.6) is 0 Å². The van der Waals surface area contributed by atoms with Crippen LogP contribution in [-0.4, -0.2) is 68.9 Å². The fourth-order valence-corrected chi connectivity index (χ4v) is 4.21. The van der Waals surface area contributed by atoms with Crippen molar-refractivity contribution in [2.45, 2.75) is 25.5 Å². The Morgan fingerprint density at radius 2 is 1.93 bits per heavy atom. The van der Waals surface area contributed by atoms with E-state index in [0.29, 0.717) is 37.7 Å². The minimum absolute atomic E-state index is 0. The third kappa shape index (κ3) is 5.79. The fraction of sp³-hybridized carbons (Fsp3) is 0.556. The van der Waals surface area contributed by atoms with Gasteiger partial charge in [-0.3, -0.25) is 9.79 Å². The first-order chi connectivity index (χ1) is 12.6. The number of sulfone groups is 1. The van der Waals surface area contributed by atoms with Crippen LogP contribution in [0, 0.1) is 12.7 Å². The van der Waals surface area contributed by atoms with Gasteiger partial charge in [-0.15, -0.1) is 24.0 Å². The van der Waals surface area contributed by atoms with Crippen molar-refractivity contribution in [2.24, 2.45) is 4.99 Å². The zero-order chi connectivity index (χ0) is 20.2. The molecule has 1 fully saturated rings. The molecule has 0 atom stereocenters. The molecule has 10 heteroatoms. The van der Waals surface area contributed by atoms with Crippen LogP contribution in [0.25, 0.3) is 0 Å². The molecule has 0 aromatic heterocycles. The molecule has 1 aliphatic heterocycles. The molecule has 1 saturated heterocycles. The van der Waals surface area contributed by atoms with Crippen molar-refractivity contribution in [3.8, 4) is 0 Å². The second-order valence-electron chi connectivity index (χ2n) is 7.19. The van der Waals surface area contributed by atoms with E-state index in [4.69, 9.17) is 0 Å². The Balaban J connectivity index is 0.00000392. The number of carbonyl (C=O) groups excluding carboxylic acids is 1. The maximum Gasteiger partial charge on any atom is 0.251 e. The second-order valence-corrected chi connectivity index (χ2v) is 9.94. The predicted molar refractivity (Wildman–Crippen MR) is 120 cm³/mol. The van der Waals surface area contributed by atoms with Crippen molar-refractivity contribution in [3.63, 3.8) is 0 Å². The van der Waals surface area contributed by atoms with Crippen molar-refractivity contribution in [2.75, 3.05) is 39.0 Å². The average molecular weight is 526 g/mol. The Hall–Kier alpha value is -1.43. The smallest absolute Gasteiger partial charge is 0.251 e. The number of aliphatic imine (C=N–C) groups is 1. The molecule has 2 rings (SSSR count). The van der Waals surface area contributed by atoms with Gasteiger partial charge >= 0.3 is 0 Å². The van der Waals surface area contributed by atoms with E-state index in [1.54, 1.807) is 40.0 Å². The van der Waals surface area contributed by atoms with Crippen LogP contribution in [0.4, 0.5) is 4.39 Å². The molecule has 0 aliphatic carbocycles. The van der Waals surface area contributed by atoms with E-state index < -0.39 is 20.4 Å². The third-order valence-corrected chi connectivity index (χ3v) is 7.22. The molecule has 1 aromatic rings. The summed E-state index contributed by atoms with van der Waals surface area (Å²) in [7, 11) is -1.49. The molecule has 1 aromatic carbocycles. The first-order valence-electron chi connectivity index (χ1n) is 8.79. The molecule has 0 saturated carbocycles. The summed E-state index contributed by atoms with van der Waals surface area (Å²) in [6.07, 6.45) is 0. The molecule has 1 amide bonds. The lowest BCUT2D eigenvalue weighted by Crippen LogP contribution is -2.57. The zero-order valence-corrected chi connectivity index (χ0v) is 19.7. The lowest BCUT2D eigenvalue weighted by molar-refractivity contribution is 0.0953. The predicted octanol–water partition coefficient (Wildman–Crippen LogP) is 1.57. The van der Waals surface area contributed by atoms with Gasteiger partial charge in [-0.1, -0.05) is 6.07 Å². The van der Waals surface area contributed by atoms with Gasteiger partial charge in [0.05, 0.1) is 10.5 Å². The molecule has 1 heterocycles. The minimum atomic E-state index is -3.12. The maximum atomic E-state index is 13.5. The minimum Gasteiger partial charge on any atom is -0.354 e. The van der Waals surface area contributed by atoms with E-state index in [1.807, 2.05) is 4.90 Å². The standard InChI is InChI=1S/C18H27FN4O3S.HI/c1-13-5-6-14(11-15(13)19)16(24)21-7-8-22-17(20-4)23-9-10-27(25,26)18(2,3)12-23;/h5-6,11H,7-10,12H2,1-4H3,(H,20,22)(H,21,24);1H. The largest absolute Gasteiger partial charge is 0.354 e. The van der Waals surface area contributed by atoms with Gasteiger partial charge < -0.3 is 15.5 Å². The fourth-order valence-electron chi connectivity index (χ4n) is 2.84. The quantitative estimate of drug-likeness (QED) is 0.269. The average Bonchev–Trinajstić information content (AvgIpc) is 2.60. The first kappa shape index (κ1) is 24.6. The summed E-state index contributed by atoms with van der Waals surface area (Å²) in [6.45, 7) is 6.52. The van der Waals surface area contributed by atoms with Crippen molar-refractivity contribution in [1.29, 1.82) is 0 Å². The number of rotatable bonds is 4. The molecule has 0 unspecified atom stereocenters. The van der Waals surface area contributed by atoms with E-state index in [-0.39, 0.29) is 41.2 Å². The number of hydrogen-bond acceptors (Lipinski definition) is 4. The van der Waals surface area contributed by atoms with E-state index in [9.17, 15) is 17.6 Å². The number of hydrogen-bond donors (Lipinski definition) is 2.